The number of benzene rings is 2. The molecule has 3 rings (SSSR count). The third-order valence-corrected chi connectivity index (χ3v) is 6.33. The average molecular weight is 481 g/mol. The van der Waals surface area contributed by atoms with Crippen LogP contribution in [0.1, 0.15) is 35.2 Å². The largest absolute Gasteiger partial charge is 0.495 e. The highest BCUT2D eigenvalue weighted by atomic mass is 16.5. The molecule has 0 bridgehead atoms. The predicted molar refractivity (Wildman–Crippen MR) is 139 cm³/mol. The van der Waals surface area contributed by atoms with E-state index >= 15 is 0 Å². The third-order valence-electron chi connectivity index (χ3n) is 6.33. The summed E-state index contributed by atoms with van der Waals surface area (Å²) in [6.45, 7) is 6.12. The zero-order valence-corrected chi connectivity index (χ0v) is 21.2. The van der Waals surface area contributed by atoms with Crippen molar-refractivity contribution in [3.8, 4) is 11.5 Å². The topological polar surface area (TPSA) is 88.3 Å². The standard InChI is InChI=1S/C27H36N4O4/c1-20-8-11-24(30(3)27(33)21-9-10-23(28)25(18-21)34-4)26(17-20)35-16-6-5-7-22(19-32)31-14-12-29(2)13-15-31/h8-11,17-18H,5-7,12-16,28H2,1-4H3. The summed E-state index contributed by atoms with van der Waals surface area (Å²) in [5, 5.41) is 0. The fourth-order valence-corrected chi connectivity index (χ4v) is 4.09. The van der Waals surface area contributed by atoms with Crippen LogP contribution in [-0.2, 0) is 4.79 Å². The van der Waals surface area contributed by atoms with Gasteiger partial charge in [-0.05, 0) is 69.1 Å². The normalized spacial score (nSPS) is 13.8. The maximum atomic E-state index is 13.1. The molecule has 1 heterocycles. The van der Waals surface area contributed by atoms with Gasteiger partial charge in [0.25, 0.3) is 5.91 Å². The molecule has 1 fully saturated rings. The van der Waals surface area contributed by atoms with E-state index in [1.54, 1.807) is 30.1 Å². The number of piperazine rings is 1. The predicted octanol–water partition coefficient (Wildman–Crippen LogP) is 3.37. The first-order valence-corrected chi connectivity index (χ1v) is 12.0. The van der Waals surface area contributed by atoms with Crippen molar-refractivity contribution >= 4 is 23.2 Å². The molecule has 1 saturated heterocycles. The summed E-state index contributed by atoms with van der Waals surface area (Å²) in [5.41, 5.74) is 9.31. The number of hydrogen-bond acceptors (Lipinski definition) is 7. The van der Waals surface area contributed by atoms with Gasteiger partial charge < -0.3 is 29.9 Å². The highest BCUT2D eigenvalue weighted by Gasteiger charge is 2.19. The number of likely N-dealkylation sites (N-methyl/N-ethyl adjacent to an activating group) is 1. The first-order chi connectivity index (χ1) is 16.8. The second kappa shape index (κ2) is 12.3. The smallest absolute Gasteiger partial charge is 0.258 e. The van der Waals surface area contributed by atoms with Crippen molar-refractivity contribution in [2.24, 2.45) is 0 Å². The van der Waals surface area contributed by atoms with Gasteiger partial charge in [-0.3, -0.25) is 4.79 Å². The molecule has 0 atom stereocenters. The van der Waals surface area contributed by atoms with Crippen LogP contribution in [0.2, 0.25) is 0 Å². The van der Waals surface area contributed by atoms with Crippen molar-refractivity contribution in [3.63, 3.8) is 0 Å². The number of aryl methyl sites for hydroxylation is 1. The fourth-order valence-electron chi connectivity index (χ4n) is 4.09. The minimum Gasteiger partial charge on any atom is -0.495 e. The van der Waals surface area contributed by atoms with E-state index in [0.717, 1.165) is 50.3 Å². The SMILES string of the molecule is COc1cc(C(=O)N(C)c2ccc(C)cc2OCCCCC(=C=O)N2CCN(C)CC2)ccc1N. The van der Waals surface area contributed by atoms with Gasteiger partial charge in [0.05, 0.1) is 30.8 Å². The Bertz CT molecular complexity index is 1070. The Morgan fingerprint density at radius 1 is 1.09 bits per heavy atom. The molecular weight excluding hydrogens is 444 g/mol. The van der Waals surface area contributed by atoms with Crippen LogP contribution in [0, 0.1) is 6.92 Å². The fraction of sp³-hybridized carbons (Fsp3) is 0.444. The van der Waals surface area contributed by atoms with Gasteiger partial charge in [0.1, 0.15) is 17.4 Å². The molecule has 0 spiro atoms. The number of anilines is 2. The Labute approximate surface area is 207 Å². The number of hydrogen-bond donors (Lipinski definition) is 1. The molecule has 8 nitrogen and oxygen atoms in total. The number of carbonyl (C=O) groups is 1. The lowest BCUT2D eigenvalue weighted by molar-refractivity contribution is 0.0992. The van der Waals surface area contributed by atoms with Crippen LogP contribution in [0.15, 0.2) is 42.1 Å². The van der Waals surface area contributed by atoms with E-state index in [9.17, 15) is 9.59 Å². The van der Waals surface area contributed by atoms with E-state index in [4.69, 9.17) is 15.2 Å². The number of nitrogens with zero attached hydrogens (tertiary/aromatic N) is 3. The van der Waals surface area contributed by atoms with Crippen LogP contribution in [0.3, 0.4) is 0 Å². The lowest BCUT2D eigenvalue weighted by atomic mass is 10.1. The van der Waals surface area contributed by atoms with Crippen molar-refractivity contribution in [1.82, 2.24) is 9.80 Å². The third kappa shape index (κ3) is 6.78. The molecule has 188 valence electrons. The molecule has 1 amide bonds. The molecule has 0 saturated carbocycles. The van der Waals surface area contributed by atoms with E-state index in [-0.39, 0.29) is 5.91 Å². The van der Waals surface area contributed by atoms with Crippen molar-refractivity contribution in [2.75, 3.05) is 64.6 Å². The summed E-state index contributed by atoms with van der Waals surface area (Å²) in [7, 11) is 5.34. The Morgan fingerprint density at radius 3 is 2.51 bits per heavy atom. The zero-order valence-electron chi connectivity index (χ0n) is 21.2. The Hall–Kier alpha value is -3.48. The van der Waals surface area contributed by atoms with Crippen molar-refractivity contribution in [2.45, 2.75) is 26.2 Å². The van der Waals surface area contributed by atoms with E-state index < -0.39 is 0 Å². The Balaban J connectivity index is 1.59. The van der Waals surface area contributed by atoms with Crippen molar-refractivity contribution in [3.05, 3.63) is 53.2 Å². The second-order valence-electron chi connectivity index (χ2n) is 8.94. The summed E-state index contributed by atoms with van der Waals surface area (Å²) >= 11 is 0. The van der Waals surface area contributed by atoms with Crippen LogP contribution in [0.5, 0.6) is 11.5 Å². The molecule has 8 heteroatoms. The lowest BCUT2D eigenvalue weighted by Crippen LogP contribution is -2.44. The lowest BCUT2D eigenvalue weighted by Gasteiger charge is -2.34. The number of unbranched alkanes of at least 4 members (excludes halogenated alkanes) is 1. The van der Waals surface area contributed by atoms with Gasteiger partial charge in [0.15, 0.2) is 0 Å². The first-order valence-electron chi connectivity index (χ1n) is 12.0. The molecule has 0 unspecified atom stereocenters. The molecule has 0 aliphatic carbocycles. The summed E-state index contributed by atoms with van der Waals surface area (Å²) in [4.78, 5) is 30.6. The van der Waals surface area contributed by atoms with Crippen LogP contribution in [0.4, 0.5) is 11.4 Å². The van der Waals surface area contributed by atoms with E-state index in [1.807, 2.05) is 25.1 Å². The molecule has 35 heavy (non-hydrogen) atoms. The summed E-state index contributed by atoms with van der Waals surface area (Å²) in [6.07, 6.45) is 2.31. The molecule has 2 aromatic carbocycles. The molecule has 0 radical (unpaired) electrons. The van der Waals surface area contributed by atoms with Crippen molar-refractivity contribution in [1.29, 1.82) is 0 Å². The number of nitrogen functional groups attached to an aromatic ring is 1. The summed E-state index contributed by atoms with van der Waals surface area (Å²) in [6, 6.07) is 10.8. The molecule has 1 aliphatic rings. The van der Waals surface area contributed by atoms with Gasteiger partial charge in [-0.1, -0.05) is 6.07 Å². The Kier molecular flexibility index (Phi) is 9.18. The number of ether oxygens (including phenoxy) is 2. The van der Waals surface area contributed by atoms with E-state index in [1.165, 1.54) is 7.11 Å². The van der Waals surface area contributed by atoms with Gasteiger partial charge >= 0.3 is 0 Å². The number of amides is 1. The molecule has 1 aliphatic heterocycles. The van der Waals surface area contributed by atoms with Crippen LogP contribution in [-0.4, -0.2) is 75.6 Å². The summed E-state index contributed by atoms with van der Waals surface area (Å²) < 4.78 is 11.4. The molecule has 0 aromatic heterocycles. The van der Waals surface area contributed by atoms with Crippen LogP contribution >= 0.6 is 0 Å². The number of allylic oxidation sites excluding steroid dienone is 1. The maximum absolute atomic E-state index is 13.1. The quantitative estimate of drug-likeness (QED) is 0.317. The van der Waals surface area contributed by atoms with Gasteiger partial charge in [-0.2, -0.15) is 0 Å². The van der Waals surface area contributed by atoms with Crippen molar-refractivity contribution < 1.29 is 19.1 Å². The highest BCUT2D eigenvalue weighted by molar-refractivity contribution is 6.07. The highest BCUT2D eigenvalue weighted by Crippen LogP contribution is 2.31. The molecule has 2 aromatic rings. The van der Waals surface area contributed by atoms with E-state index in [0.29, 0.717) is 41.5 Å². The van der Waals surface area contributed by atoms with Gasteiger partial charge in [0.2, 0.25) is 0 Å². The number of carbonyl (C=O) groups excluding carboxylic acids is 2. The number of methoxy groups -OCH3 is 1. The maximum Gasteiger partial charge on any atom is 0.258 e. The Morgan fingerprint density at radius 2 is 1.83 bits per heavy atom. The van der Waals surface area contributed by atoms with Gasteiger partial charge in [-0.15, -0.1) is 0 Å². The van der Waals surface area contributed by atoms with Gasteiger partial charge in [-0.25, -0.2) is 4.79 Å². The first kappa shape index (κ1) is 26.1. The zero-order chi connectivity index (χ0) is 25.4. The number of rotatable bonds is 10. The summed E-state index contributed by atoms with van der Waals surface area (Å²) in [5.74, 6) is 3.06. The molecular formula is C27H36N4O4. The average Bonchev–Trinajstić information content (AvgIpc) is 2.86. The van der Waals surface area contributed by atoms with Crippen LogP contribution < -0.4 is 20.1 Å². The molecule has 2 N–H and O–H groups in total. The minimum atomic E-state index is -0.190. The van der Waals surface area contributed by atoms with Gasteiger partial charge in [0, 0.05) is 38.8 Å². The monoisotopic (exact) mass is 480 g/mol. The van der Waals surface area contributed by atoms with E-state index in [2.05, 4.69) is 22.8 Å². The van der Waals surface area contributed by atoms with Crippen LogP contribution in [0.25, 0.3) is 0 Å². The second-order valence-corrected chi connectivity index (χ2v) is 8.94. The minimum absolute atomic E-state index is 0.190. The number of nitrogens with two attached hydrogens (primary N) is 1.